The zero-order valence-electron chi connectivity index (χ0n) is 13.8. The van der Waals surface area contributed by atoms with Gasteiger partial charge in [0, 0.05) is 37.6 Å². The molecule has 1 amide bonds. The third kappa shape index (κ3) is 4.46. The first kappa shape index (κ1) is 16.7. The number of rotatable bonds is 5. The molecular formula is C17H26N2O3S. The first-order valence-corrected chi connectivity index (χ1v) is 9.36. The van der Waals surface area contributed by atoms with Crippen LogP contribution in [0.1, 0.15) is 28.9 Å². The van der Waals surface area contributed by atoms with E-state index in [1.165, 1.54) is 24.3 Å². The molecule has 5 nitrogen and oxygen atoms in total. The molecule has 0 aliphatic carbocycles. The molecule has 0 saturated carbocycles. The zero-order valence-corrected chi connectivity index (χ0v) is 14.6. The normalized spacial score (nSPS) is 20.7. The summed E-state index contributed by atoms with van der Waals surface area (Å²) in [6, 6.07) is 1.84. The second kappa shape index (κ2) is 8.13. The quantitative estimate of drug-likeness (QED) is 0.826. The van der Waals surface area contributed by atoms with Gasteiger partial charge in [0.15, 0.2) is 0 Å². The van der Waals surface area contributed by atoms with E-state index in [0.717, 1.165) is 68.8 Å². The van der Waals surface area contributed by atoms with Gasteiger partial charge in [-0.25, -0.2) is 0 Å². The molecule has 3 rings (SSSR count). The van der Waals surface area contributed by atoms with Gasteiger partial charge in [0.2, 0.25) is 0 Å². The van der Waals surface area contributed by atoms with Crippen LogP contribution in [0.25, 0.3) is 0 Å². The molecule has 1 aromatic rings. The van der Waals surface area contributed by atoms with Gasteiger partial charge in [0.05, 0.1) is 25.2 Å². The molecule has 6 heteroatoms. The number of carbonyl (C=O) groups excluding carboxylic acids is 1. The Balaban J connectivity index is 1.41. The first-order chi connectivity index (χ1) is 11.3. The molecule has 0 spiro atoms. The van der Waals surface area contributed by atoms with E-state index < -0.39 is 0 Å². The number of piperidine rings is 1. The Morgan fingerprint density at radius 3 is 2.70 bits per heavy atom. The molecule has 0 radical (unpaired) electrons. The number of morpholine rings is 1. The van der Waals surface area contributed by atoms with Crippen LogP contribution in [0.4, 0.5) is 0 Å². The van der Waals surface area contributed by atoms with Crippen LogP contribution in [0.5, 0.6) is 5.75 Å². The summed E-state index contributed by atoms with van der Waals surface area (Å²) in [5.74, 6) is 1.68. The van der Waals surface area contributed by atoms with Crippen molar-refractivity contribution in [2.45, 2.75) is 19.3 Å². The molecule has 2 saturated heterocycles. The van der Waals surface area contributed by atoms with Crippen molar-refractivity contribution in [1.29, 1.82) is 0 Å². The van der Waals surface area contributed by atoms with Crippen LogP contribution in [0.2, 0.25) is 0 Å². The molecule has 0 N–H and O–H groups in total. The molecule has 0 unspecified atom stereocenters. The van der Waals surface area contributed by atoms with Crippen molar-refractivity contribution >= 4 is 17.2 Å². The average Bonchev–Trinajstić information content (AvgIpc) is 3.10. The molecule has 0 atom stereocenters. The summed E-state index contributed by atoms with van der Waals surface area (Å²) in [5, 5.41) is 1.89. The fourth-order valence-electron chi connectivity index (χ4n) is 3.31. The molecule has 3 heterocycles. The van der Waals surface area contributed by atoms with Gasteiger partial charge in [-0.3, -0.25) is 9.69 Å². The maximum atomic E-state index is 12.5. The predicted octanol–water partition coefficient (Wildman–Crippen LogP) is 2.33. The number of nitrogens with zero attached hydrogens (tertiary/aromatic N) is 2. The van der Waals surface area contributed by atoms with Crippen molar-refractivity contribution in [2.75, 3.05) is 53.0 Å². The molecule has 1 aromatic heterocycles. The molecule has 128 valence electrons. The Bertz CT molecular complexity index is 506. The van der Waals surface area contributed by atoms with Crippen LogP contribution in [-0.4, -0.2) is 68.8 Å². The Kier molecular flexibility index (Phi) is 5.91. The molecule has 2 fully saturated rings. The SMILES string of the molecule is COc1csc(C(=O)N2CCC(CCN3CCOCC3)CC2)c1. The van der Waals surface area contributed by atoms with Gasteiger partial charge in [-0.1, -0.05) is 0 Å². The van der Waals surface area contributed by atoms with Crippen molar-refractivity contribution in [3.63, 3.8) is 0 Å². The lowest BCUT2D eigenvalue weighted by Gasteiger charge is -2.33. The Labute approximate surface area is 142 Å². The molecule has 0 aromatic carbocycles. The largest absolute Gasteiger partial charge is 0.496 e. The minimum Gasteiger partial charge on any atom is -0.496 e. The van der Waals surface area contributed by atoms with Crippen molar-refractivity contribution in [3.05, 3.63) is 16.3 Å². The molecule has 23 heavy (non-hydrogen) atoms. The van der Waals surface area contributed by atoms with Crippen LogP contribution in [0.3, 0.4) is 0 Å². The van der Waals surface area contributed by atoms with E-state index in [1.807, 2.05) is 16.3 Å². The number of hydrogen-bond acceptors (Lipinski definition) is 5. The average molecular weight is 338 g/mol. The van der Waals surface area contributed by atoms with E-state index in [1.54, 1.807) is 7.11 Å². The van der Waals surface area contributed by atoms with Gasteiger partial charge in [0.1, 0.15) is 5.75 Å². The maximum Gasteiger partial charge on any atom is 0.264 e. The van der Waals surface area contributed by atoms with Crippen LogP contribution in [-0.2, 0) is 4.74 Å². The summed E-state index contributed by atoms with van der Waals surface area (Å²) in [6.45, 7) is 6.81. The van der Waals surface area contributed by atoms with Crippen LogP contribution in [0.15, 0.2) is 11.4 Å². The Hall–Kier alpha value is -1.11. The number of thiophene rings is 1. The third-order valence-electron chi connectivity index (χ3n) is 4.88. The minimum atomic E-state index is 0.157. The summed E-state index contributed by atoms with van der Waals surface area (Å²) < 4.78 is 10.6. The fraction of sp³-hybridized carbons (Fsp3) is 0.706. The monoisotopic (exact) mass is 338 g/mol. The smallest absolute Gasteiger partial charge is 0.264 e. The van der Waals surface area contributed by atoms with Gasteiger partial charge in [-0.05, 0) is 31.7 Å². The second-order valence-electron chi connectivity index (χ2n) is 6.33. The fourth-order valence-corrected chi connectivity index (χ4v) is 4.13. The van der Waals surface area contributed by atoms with Crippen LogP contribution < -0.4 is 4.74 Å². The van der Waals surface area contributed by atoms with E-state index in [0.29, 0.717) is 0 Å². The van der Waals surface area contributed by atoms with Gasteiger partial charge in [0.25, 0.3) is 5.91 Å². The van der Waals surface area contributed by atoms with E-state index in [2.05, 4.69) is 4.90 Å². The number of amides is 1. The molecular weight excluding hydrogens is 312 g/mol. The number of methoxy groups -OCH3 is 1. The first-order valence-electron chi connectivity index (χ1n) is 8.48. The second-order valence-corrected chi connectivity index (χ2v) is 7.24. The standard InChI is InChI=1S/C17H26N2O3S/c1-21-15-12-16(23-13-15)17(20)19-6-3-14(4-7-19)2-5-18-8-10-22-11-9-18/h12-14H,2-11H2,1H3. The summed E-state index contributed by atoms with van der Waals surface area (Å²) in [5.41, 5.74) is 0. The maximum absolute atomic E-state index is 12.5. The van der Waals surface area contributed by atoms with Crippen molar-refractivity contribution in [3.8, 4) is 5.75 Å². The highest BCUT2D eigenvalue weighted by molar-refractivity contribution is 7.12. The molecule has 2 aliphatic heterocycles. The van der Waals surface area contributed by atoms with Crippen molar-refractivity contribution in [1.82, 2.24) is 9.80 Å². The van der Waals surface area contributed by atoms with E-state index in [9.17, 15) is 4.79 Å². The van der Waals surface area contributed by atoms with Gasteiger partial charge in [-0.15, -0.1) is 11.3 Å². The summed E-state index contributed by atoms with van der Waals surface area (Å²) >= 11 is 1.47. The third-order valence-corrected chi connectivity index (χ3v) is 5.78. The highest BCUT2D eigenvalue weighted by Crippen LogP contribution is 2.26. The van der Waals surface area contributed by atoms with E-state index >= 15 is 0 Å². The number of ether oxygens (including phenoxy) is 2. The number of carbonyl (C=O) groups is 1. The topological polar surface area (TPSA) is 42.0 Å². The number of likely N-dealkylation sites (tertiary alicyclic amines) is 1. The Morgan fingerprint density at radius 1 is 1.30 bits per heavy atom. The molecule has 0 bridgehead atoms. The number of hydrogen-bond donors (Lipinski definition) is 0. The summed E-state index contributed by atoms with van der Waals surface area (Å²) in [6.07, 6.45) is 3.49. The lowest BCUT2D eigenvalue weighted by atomic mass is 9.93. The van der Waals surface area contributed by atoms with Crippen molar-refractivity contribution in [2.24, 2.45) is 5.92 Å². The van der Waals surface area contributed by atoms with Crippen LogP contribution in [0, 0.1) is 5.92 Å². The Morgan fingerprint density at radius 2 is 2.04 bits per heavy atom. The summed E-state index contributed by atoms with van der Waals surface area (Å²) in [4.78, 5) is 17.8. The predicted molar refractivity (Wildman–Crippen MR) is 91.4 cm³/mol. The van der Waals surface area contributed by atoms with Crippen molar-refractivity contribution < 1.29 is 14.3 Å². The lowest BCUT2D eigenvalue weighted by molar-refractivity contribution is 0.0332. The minimum absolute atomic E-state index is 0.157. The highest BCUT2D eigenvalue weighted by atomic mass is 32.1. The summed E-state index contributed by atoms with van der Waals surface area (Å²) in [7, 11) is 1.64. The highest BCUT2D eigenvalue weighted by Gasteiger charge is 2.25. The molecule has 2 aliphatic rings. The lowest BCUT2D eigenvalue weighted by Crippen LogP contribution is -2.40. The van der Waals surface area contributed by atoms with Gasteiger partial charge < -0.3 is 14.4 Å². The van der Waals surface area contributed by atoms with Gasteiger partial charge in [-0.2, -0.15) is 0 Å². The zero-order chi connectivity index (χ0) is 16.1. The van der Waals surface area contributed by atoms with Gasteiger partial charge >= 0.3 is 0 Å². The van der Waals surface area contributed by atoms with Crippen LogP contribution >= 0.6 is 11.3 Å². The van der Waals surface area contributed by atoms with E-state index in [4.69, 9.17) is 9.47 Å². The van der Waals surface area contributed by atoms with E-state index in [-0.39, 0.29) is 5.91 Å².